The summed E-state index contributed by atoms with van der Waals surface area (Å²) in [4.78, 5) is 58.1. The summed E-state index contributed by atoms with van der Waals surface area (Å²) in [6.07, 6.45) is 5.31. The van der Waals surface area contributed by atoms with E-state index in [1.54, 1.807) is 24.0 Å². The molecule has 1 aromatic carbocycles. The average molecular weight is 610 g/mol. The molecule has 1 spiro atoms. The van der Waals surface area contributed by atoms with Crippen molar-refractivity contribution in [2.45, 2.75) is 95.2 Å². The molecule has 240 valence electrons. The van der Waals surface area contributed by atoms with E-state index in [2.05, 4.69) is 18.5 Å². The molecule has 3 aliphatic rings. The second-order valence-corrected chi connectivity index (χ2v) is 12.2. The normalized spacial score (nSPS) is 27.3. The molecule has 0 radical (unpaired) electrons. The van der Waals surface area contributed by atoms with Gasteiger partial charge >= 0.3 is 5.97 Å². The van der Waals surface area contributed by atoms with Crippen LogP contribution < -0.4 is 5.32 Å². The van der Waals surface area contributed by atoms with Crippen LogP contribution >= 0.6 is 0 Å². The maximum atomic E-state index is 14.3. The zero-order valence-corrected chi connectivity index (χ0v) is 26.2. The van der Waals surface area contributed by atoms with E-state index in [0.717, 1.165) is 12.8 Å². The second kappa shape index (κ2) is 14.5. The van der Waals surface area contributed by atoms with Crippen molar-refractivity contribution < 1.29 is 33.8 Å². The lowest BCUT2D eigenvalue weighted by Crippen LogP contribution is -2.58. The Balaban J connectivity index is 1.64. The van der Waals surface area contributed by atoms with Crippen LogP contribution in [0.25, 0.3) is 0 Å². The summed E-state index contributed by atoms with van der Waals surface area (Å²) in [5.74, 6) is -3.28. The Labute approximate surface area is 260 Å². The van der Waals surface area contributed by atoms with E-state index in [0.29, 0.717) is 31.4 Å². The zero-order chi connectivity index (χ0) is 32.0. The Morgan fingerprint density at radius 1 is 1.23 bits per heavy atom. The Bertz CT molecular complexity index is 1220. The van der Waals surface area contributed by atoms with Crippen molar-refractivity contribution in [3.8, 4) is 0 Å². The number of carbonyl (C=O) groups is 4. The van der Waals surface area contributed by atoms with Crippen LogP contribution in [0.2, 0.25) is 0 Å². The fourth-order valence-electron chi connectivity index (χ4n) is 7.35. The van der Waals surface area contributed by atoms with Crippen molar-refractivity contribution in [2.75, 3.05) is 19.7 Å². The molecular weight excluding hydrogens is 562 g/mol. The number of rotatable bonds is 16. The summed E-state index contributed by atoms with van der Waals surface area (Å²) < 4.78 is 12.7. The molecule has 1 unspecified atom stereocenters. The van der Waals surface area contributed by atoms with Crippen LogP contribution in [-0.4, -0.2) is 88.1 Å². The van der Waals surface area contributed by atoms with Gasteiger partial charge in [0.05, 0.1) is 30.6 Å². The van der Waals surface area contributed by atoms with Gasteiger partial charge in [0.1, 0.15) is 17.7 Å². The summed E-state index contributed by atoms with van der Waals surface area (Å²) in [6, 6.07) is 7.54. The molecule has 2 N–H and O–H groups in total. The van der Waals surface area contributed by atoms with E-state index in [-0.39, 0.29) is 43.3 Å². The van der Waals surface area contributed by atoms with E-state index in [4.69, 9.17) is 9.47 Å². The van der Waals surface area contributed by atoms with Crippen LogP contribution in [0.3, 0.4) is 0 Å². The van der Waals surface area contributed by atoms with Gasteiger partial charge in [-0.1, -0.05) is 55.8 Å². The molecule has 1 aromatic rings. The van der Waals surface area contributed by atoms with Gasteiger partial charge in [0.25, 0.3) is 0 Å². The average Bonchev–Trinajstić information content (AvgIpc) is 3.65. The Hall–Kier alpha value is -3.50. The fourth-order valence-corrected chi connectivity index (χ4v) is 7.35. The van der Waals surface area contributed by atoms with Gasteiger partial charge in [0, 0.05) is 25.6 Å². The predicted molar refractivity (Wildman–Crippen MR) is 165 cm³/mol. The molecule has 44 heavy (non-hydrogen) atoms. The number of allylic oxidation sites excluding steroid dienone is 1. The minimum Gasteiger partial charge on any atom is -0.455 e. The van der Waals surface area contributed by atoms with Crippen LogP contribution in [0, 0.1) is 11.8 Å². The predicted octanol–water partition coefficient (Wildman–Crippen LogP) is 3.31. The highest BCUT2D eigenvalue weighted by Crippen LogP contribution is 2.59. The molecule has 3 fully saturated rings. The van der Waals surface area contributed by atoms with E-state index >= 15 is 0 Å². The molecule has 3 amide bonds. The number of hydrogen-bond donors (Lipinski definition) is 2. The number of amides is 3. The molecule has 2 bridgehead atoms. The molecule has 3 aliphatic heterocycles. The van der Waals surface area contributed by atoms with Crippen LogP contribution in [0.4, 0.5) is 0 Å². The number of esters is 1. The molecule has 10 nitrogen and oxygen atoms in total. The molecule has 0 aliphatic carbocycles. The highest BCUT2D eigenvalue weighted by Gasteiger charge is 2.75. The SMILES string of the molecule is C=CCCC(=O)N[C@H](C)[C@@H](OC(=O)[C@@H]1[C@@H]2CC[C@]3(O2)[C@H](C(=O)N(CC=C)C(C)CCC)N(CCO)C(=O)[C@@H]13)c1ccccc1. The Kier molecular flexibility index (Phi) is 11.0. The van der Waals surface area contributed by atoms with E-state index in [9.17, 15) is 24.3 Å². The molecule has 8 atom stereocenters. The number of benzene rings is 1. The van der Waals surface area contributed by atoms with E-state index in [1.807, 2.05) is 44.2 Å². The van der Waals surface area contributed by atoms with Crippen molar-refractivity contribution >= 4 is 23.7 Å². The minimum atomic E-state index is -1.20. The molecule has 4 rings (SSSR count). The summed E-state index contributed by atoms with van der Waals surface area (Å²) in [5, 5.41) is 12.8. The van der Waals surface area contributed by atoms with Gasteiger partial charge in [-0.25, -0.2) is 0 Å². The summed E-state index contributed by atoms with van der Waals surface area (Å²) in [5.41, 5.74) is -0.496. The minimum absolute atomic E-state index is 0.0478. The van der Waals surface area contributed by atoms with Crippen LogP contribution in [0.1, 0.15) is 71.0 Å². The van der Waals surface area contributed by atoms with Gasteiger partial charge in [-0.15, -0.1) is 13.2 Å². The first-order valence-electron chi connectivity index (χ1n) is 15.8. The zero-order valence-electron chi connectivity index (χ0n) is 26.2. The lowest BCUT2D eigenvalue weighted by atomic mass is 9.70. The Morgan fingerprint density at radius 3 is 2.59 bits per heavy atom. The van der Waals surface area contributed by atoms with Crippen molar-refractivity contribution in [2.24, 2.45) is 11.8 Å². The number of aliphatic hydroxyl groups excluding tert-OH is 1. The summed E-state index contributed by atoms with van der Waals surface area (Å²) >= 11 is 0. The van der Waals surface area contributed by atoms with Gasteiger partial charge in [0.2, 0.25) is 17.7 Å². The van der Waals surface area contributed by atoms with Crippen LogP contribution in [-0.2, 0) is 28.7 Å². The van der Waals surface area contributed by atoms with Crippen molar-refractivity contribution in [1.29, 1.82) is 0 Å². The number of ether oxygens (including phenoxy) is 2. The standard InChI is InChI=1S/C34H47N3O7/c1-6-9-16-26(39)35-23(5)29(24-14-11-10-12-15-24)43-33(42)27-25-17-18-34(44-25)28(27)31(40)37(20-21-38)30(34)32(41)36(19-8-3)22(4)13-7-2/h6,8,10-12,14-15,22-23,25,27-30,38H,1,3,7,9,13,16-21H2,2,4-5H3,(H,35,39)/t22?,23-,25+,27-,28-,29-,30+,34-/m1/s1. The van der Waals surface area contributed by atoms with Gasteiger partial charge in [-0.3, -0.25) is 19.2 Å². The number of nitrogens with one attached hydrogen (secondary N) is 1. The van der Waals surface area contributed by atoms with Crippen molar-refractivity contribution in [3.05, 3.63) is 61.2 Å². The molecule has 10 heteroatoms. The van der Waals surface area contributed by atoms with Crippen molar-refractivity contribution in [1.82, 2.24) is 15.1 Å². The summed E-state index contributed by atoms with van der Waals surface area (Å²) in [6.45, 7) is 13.2. The van der Waals surface area contributed by atoms with Gasteiger partial charge < -0.3 is 29.7 Å². The topological polar surface area (TPSA) is 125 Å². The van der Waals surface area contributed by atoms with Gasteiger partial charge in [0.15, 0.2) is 0 Å². The fraction of sp³-hybridized carbons (Fsp3) is 0.588. The van der Waals surface area contributed by atoms with E-state index < -0.39 is 47.7 Å². The number of carbonyl (C=O) groups excluding carboxylic acids is 4. The number of nitrogens with zero attached hydrogens (tertiary/aromatic N) is 2. The lowest BCUT2D eigenvalue weighted by molar-refractivity contribution is -0.162. The number of aliphatic hydroxyl groups is 1. The third kappa shape index (κ3) is 6.33. The number of hydrogen-bond acceptors (Lipinski definition) is 7. The molecule has 0 aromatic heterocycles. The summed E-state index contributed by atoms with van der Waals surface area (Å²) in [7, 11) is 0. The molecule has 3 heterocycles. The highest BCUT2D eigenvalue weighted by atomic mass is 16.6. The monoisotopic (exact) mass is 609 g/mol. The third-order valence-corrected chi connectivity index (χ3v) is 9.28. The highest BCUT2D eigenvalue weighted by molar-refractivity contribution is 5.98. The van der Waals surface area contributed by atoms with Crippen LogP contribution in [0.5, 0.6) is 0 Å². The number of β-amino-alcohol motifs (C(OH)–C–C–N with tert-alkyl or cyclic N) is 1. The largest absolute Gasteiger partial charge is 0.455 e. The molecular formula is C34H47N3O7. The first kappa shape index (κ1) is 33.4. The molecule has 0 saturated carbocycles. The van der Waals surface area contributed by atoms with Crippen LogP contribution in [0.15, 0.2) is 55.6 Å². The smallest absolute Gasteiger partial charge is 0.313 e. The van der Waals surface area contributed by atoms with E-state index in [1.165, 1.54) is 4.90 Å². The second-order valence-electron chi connectivity index (χ2n) is 12.2. The number of fused-ring (bicyclic) bond motifs is 1. The number of likely N-dealkylation sites (tertiary alicyclic amines) is 1. The first-order chi connectivity index (χ1) is 21.1. The maximum Gasteiger partial charge on any atom is 0.313 e. The third-order valence-electron chi connectivity index (χ3n) is 9.28. The first-order valence-corrected chi connectivity index (χ1v) is 15.8. The van der Waals surface area contributed by atoms with Crippen molar-refractivity contribution in [3.63, 3.8) is 0 Å². The van der Waals surface area contributed by atoms with Gasteiger partial charge in [-0.05, 0) is 45.1 Å². The van der Waals surface area contributed by atoms with Gasteiger partial charge in [-0.2, -0.15) is 0 Å². The molecule has 3 saturated heterocycles. The lowest BCUT2D eigenvalue weighted by Gasteiger charge is -2.38. The Morgan fingerprint density at radius 2 is 1.95 bits per heavy atom. The quantitative estimate of drug-likeness (QED) is 0.218. The maximum absolute atomic E-state index is 14.3.